The van der Waals surface area contributed by atoms with Gasteiger partial charge >= 0.3 is 0 Å². The summed E-state index contributed by atoms with van der Waals surface area (Å²) in [5.74, 6) is 0.765. The van der Waals surface area contributed by atoms with E-state index in [0.717, 1.165) is 27.2 Å². The van der Waals surface area contributed by atoms with Crippen molar-refractivity contribution >= 4 is 38.8 Å². The van der Waals surface area contributed by atoms with E-state index in [1.165, 1.54) is 0 Å². The number of benzene rings is 1. The van der Waals surface area contributed by atoms with E-state index in [9.17, 15) is 0 Å². The summed E-state index contributed by atoms with van der Waals surface area (Å²) in [6.45, 7) is 2.42. The van der Waals surface area contributed by atoms with E-state index in [1.54, 1.807) is 0 Å². The fourth-order valence-corrected chi connectivity index (χ4v) is 2.53. The Morgan fingerprint density at radius 3 is 2.94 bits per heavy atom. The van der Waals surface area contributed by atoms with Gasteiger partial charge in [-0.25, -0.2) is 0 Å². The van der Waals surface area contributed by atoms with Gasteiger partial charge < -0.3 is 15.6 Å². The van der Waals surface area contributed by atoms with Gasteiger partial charge in [-0.05, 0) is 35.0 Å². The molecule has 0 aliphatic rings. The van der Waals surface area contributed by atoms with Gasteiger partial charge in [-0.1, -0.05) is 23.4 Å². The highest BCUT2D eigenvalue weighted by Gasteiger charge is 2.09. The van der Waals surface area contributed by atoms with E-state index < -0.39 is 0 Å². The van der Waals surface area contributed by atoms with Gasteiger partial charge in [-0.3, -0.25) is 0 Å². The first-order valence-electron chi connectivity index (χ1n) is 5.32. The van der Waals surface area contributed by atoms with Crippen molar-refractivity contribution in [2.75, 3.05) is 5.32 Å². The normalized spacial score (nSPS) is 10.3. The predicted octanol–water partition coefficient (Wildman–Crippen LogP) is 2.99. The monoisotopic (exact) mass is 325 g/mol. The van der Waals surface area contributed by atoms with E-state index >= 15 is 0 Å². The van der Waals surface area contributed by atoms with Crippen molar-refractivity contribution in [2.45, 2.75) is 13.5 Å². The van der Waals surface area contributed by atoms with E-state index in [2.05, 4.69) is 26.4 Å². The Morgan fingerprint density at radius 2 is 2.33 bits per heavy atom. The molecule has 2 rings (SSSR count). The maximum atomic E-state index is 5.71. The fourth-order valence-electron chi connectivity index (χ4n) is 1.60. The number of aryl methyl sites for hydroxylation is 1. The van der Waals surface area contributed by atoms with Crippen LogP contribution in [-0.2, 0) is 6.54 Å². The Bertz CT molecular complexity index is 582. The molecule has 6 heteroatoms. The molecule has 0 unspecified atom stereocenters. The Morgan fingerprint density at radius 1 is 1.56 bits per heavy atom. The van der Waals surface area contributed by atoms with Gasteiger partial charge in [0.05, 0.1) is 12.2 Å². The first kappa shape index (κ1) is 13.0. The molecule has 1 aromatic heterocycles. The number of hydrogen-bond acceptors (Lipinski definition) is 4. The molecule has 3 N–H and O–H groups in total. The number of halogens is 1. The van der Waals surface area contributed by atoms with Crippen molar-refractivity contribution in [1.82, 2.24) is 5.16 Å². The number of nitrogens with two attached hydrogens (primary N) is 1. The van der Waals surface area contributed by atoms with Gasteiger partial charge in [0, 0.05) is 21.8 Å². The molecule has 94 valence electrons. The molecule has 0 saturated carbocycles. The van der Waals surface area contributed by atoms with Crippen molar-refractivity contribution in [3.05, 3.63) is 45.8 Å². The number of thiocarbonyl (C=S) groups is 1. The molecule has 1 heterocycles. The summed E-state index contributed by atoms with van der Waals surface area (Å²) < 4.78 is 6.00. The molecular weight excluding hydrogens is 314 g/mol. The minimum atomic E-state index is 0.346. The second-order valence-corrected chi connectivity index (χ2v) is 5.11. The van der Waals surface area contributed by atoms with Gasteiger partial charge in [0.1, 0.15) is 4.99 Å². The summed E-state index contributed by atoms with van der Waals surface area (Å²) in [4.78, 5) is 0.346. The molecule has 0 radical (unpaired) electrons. The van der Waals surface area contributed by atoms with Crippen LogP contribution in [0.25, 0.3) is 0 Å². The van der Waals surface area contributed by atoms with Crippen LogP contribution in [0.3, 0.4) is 0 Å². The highest BCUT2D eigenvalue weighted by molar-refractivity contribution is 9.10. The molecule has 0 aliphatic heterocycles. The summed E-state index contributed by atoms with van der Waals surface area (Å²) >= 11 is 8.48. The van der Waals surface area contributed by atoms with Crippen LogP contribution in [0, 0.1) is 6.92 Å². The Balaban J connectivity index is 2.19. The molecule has 0 amide bonds. The zero-order valence-corrected chi connectivity index (χ0v) is 12.1. The Kier molecular flexibility index (Phi) is 3.98. The lowest BCUT2D eigenvalue weighted by molar-refractivity contribution is 0.384. The third kappa shape index (κ3) is 2.88. The summed E-state index contributed by atoms with van der Waals surface area (Å²) in [5, 5.41) is 7.06. The van der Waals surface area contributed by atoms with Crippen molar-refractivity contribution in [3.63, 3.8) is 0 Å². The molecule has 0 saturated heterocycles. The molecule has 0 bridgehead atoms. The lowest BCUT2D eigenvalue weighted by Gasteiger charge is -2.11. The third-order valence-electron chi connectivity index (χ3n) is 2.39. The van der Waals surface area contributed by atoms with Crippen LogP contribution in [0.1, 0.15) is 17.0 Å². The zero-order chi connectivity index (χ0) is 13.1. The van der Waals surface area contributed by atoms with Gasteiger partial charge in [0.15, 0.2) is 5.76 Å². The van der Waals surface area contributed by atoms with E-state index in [4.69, 9.17) is 22.5 Å². The summed E-state index contributed by atoms with van der Waals surface area (Å²) in [6, 6.07) is 7.62. The van der Waals surface area contributed by atoms with Crippen molar-refractivity contribution in [2.24, 2.45) is 5.73 Å². The Labute approximate surface area is 119 Å². The lowest BCUT2D eigenvalue weighted by atomic mass is 10.1. The highest BCUT2D eigenvalue weighted by Crippen LogP contribution is 2.25. The van der Waals surface area contributed by atoms with Crippen LogP contribution < -0.4 is 11.1 Å². The van der Waals surface area contributed by atoms with Crippen molar-refractivity contribution in [3.8, 4) is 0 Å². The largest absolute Gasteiger partial charge is 0.389 e. The average molecular weight is 326 g/mol. The summed E-state index contributed by atoms with van der Waals surface area (Å²) in [7, 11) is 0. The number of rotatable bonds is 4. The van der Waals surface area contributed by atoms with Crippen molar-refractivity contribution in [1.29, 1.82) is 0 Å². The van der Waals surface area contributed by atoms with Crippen LogP contribution in [0.15, 0.2) is 33.3 Å². The first-order valence-corrected chi connectivity index (χ1v) is 6.52. The lowest BCUT2D eigenvalue weighted by Crippen LogP contribution is -2.14. The van der Waals surface area contributed by atoms with E-state index in [1.807, 2.05) is 31.2 Å². The second-order valence-electron chi connectivity index (χ2n) is 3.81. The fraction of sp³-hybridized carbons (Fsp3) is 0.167. The smallest absolute Gasteiger partial charge is 0.156 e. The van der Waals surface area contributed by atoms with Crippen LogP contribution in [0.5, 0.6) is 0 Å². The number of nitrogens with one attached hydrogen (secondary N) is 1. The van der Waals surface area contributed by atoms with Gasteiger partial charge in [0.25, 0.3) is 0 Å². The quantitative estimate of drug-likeness (QED) is 0.846. The molecule has 2 aromatic rings. The van der Waals surface area contributed by atoms with Crippen molar-refractivity contribution < 1.29 is 4.52 Å². The van der Waals surface area contributed by atoms with Gasteiger partial charge in [-0.2, -0.15) is 0 Å². The number of anilines is 1. The second kappa shape index (κ2) is 5.49. The molecular formula is C12H12BrN3OS. The maximum Gasteiger partial charge on any atom is 0.156 e. The van der Waals surface area contributed by atoms with Crippen LogP contribution >= 0.6 is 28.1 Å². The average Bonchev–Trinajstić information content (AvgIpc) is 2.72. The SMILES string of the molecule is Cc1cc(CNc2cccc(Br)c2C(N)=S)on1. The van der Waals surface area contributed by atoms with E-state index in [0.29, 0.717) is 11.5 Å². The van der Waals surface area contributed by atoms with E-state index in [-0.39, 0.29) is 0 Å². The number of aromatic nitrogens is 1. The molecule has 1 aromatic carbocycles. The minimum absolute atomic E-state index is 0.346. The number of hydrogen-bond donors (Lipinski definition) is 2. The zero-order valence-electron chi connectivity index (χ0n) is 9.74. The molecule has 0 atom stereocenters. The number of nitrogens with zero attached hydrogens (tertiary/aromatic N) is 1. The highest BCUT2D eigenvalue weighted by atomic mass is 79.9. The van der Waals surface area contributed by atoms with Gasteiger partial charge in [-0.15, -0.1) is 0 Å². The molecule has 0 fully saturated rings. The van der Waals surface area contributed by atoms with Crippen LogP contribution in [0.2, 0.25) is 0 Å². The third-order valence-corrected chi connectivity index (χ3v) is 3.25. The van der Waals surface area contributed by atoms with Crippen LogP contribution in [-0.4, -0.2) is 10.1 Å². The maximum absolute atomic E-state index is 5.71. The molecule has 0 spiro atoms. The standard InChI is InChI=1S/C12H12BrN3OS/c1-7-5-8(17-16-7)6-15-10-4-2-3-9(13)11(10)12(14)18/h2-5,15H,6H2,1H3,(H2,14,18). The molecule has 0 aliphatic carbocycles. The minimum Gasteiger partial charge on any atom is -0.389 e. The van der Waals surface area contributed by atoms with Gasteiger partial charge in [0.2, 0.25) is 0 Å². The predicted molar refractivity (Wildman–Crippen MR) is 78.6 cm³/mol. The first-order chi connectivity index (χ1) is 8.58. The van der Waals surface area contributed by atoms with Crippen LogP contribution in [0.4, 0.5) is 5.69 Å². The summed E-state index contributed by atoms with van der Waals surface area (Å²) in [6.07, 6.45) is 0. The Hall–Kier alpha value is -1.40. The topological polar surface area (TPSA) is 64.1 Å². The summed E-state index contributed by atoms with van der Waals surface area (Å²) in [5.41, 5.74) is 8.23. The molecule has 4 nitrogen and oxygen atoms in total. The molecule has 18 heavy (non-hydrogen) atoms.